The van der Waals surface area contributed by atoms with Gasteiger partial charge < -0.3 is 10.6 Å². The lowest BCUT2D eigenvalue weighted by atomic mass is 10.0. The highest BCUT2D eigenvalue weighted by Gasteiger charge is 2.39. The van der Waals surface area contributed by atoms with Gasteiger partial charge in [-0.2, -0.15) is 10.2 Å². The number of nitrogens with zero attached hydrogens (tertiary/aromatic N) is 3. The van der Waals surface area contributed by atoms with E-state index in [9.17, 15) is 9.59 Å². The van der Waals surface area contributed by atoms with Crippen LogP contribution < -0.4 is 10.6 Å². The van der Waals surface area contributed by atoms with Gasteiger partial charge in [-0.15, -0.1) is 12.3 Å². The molecule has 2 amide bonds. The van der Waals surface area contributed by atoms with E-state index in [1.807, 2.05) is 12.1 Å². The molecule has 0 saturated heterocycles. The number of nitrogens with one attached hydrogen (secondary N) is 2. The van der Waals surface area contributed by atoms with Gasteiger partial charge in [0, 0.05) is 55.9 Å². The van der Waals surface area contributed by atoms with E-state index in [0.29, 0.717) is 43.5 Å². The summed E-state index contributed by atoms with van der Waals surface area (Å²) < 4.78 is 0. The first-order chi connectivity index (χ1) is 13.6. The number of carbonyl (C=O) groups is 2. The number of amides is 2. The first kappa shape index (κ1) is 19.2. The number of rotatable bonds is 9. The summed E-state index contributed by atoms with van der Waals surface area (Å²) in [6.45, 7) is 0.428. The predicted octanol–water partition coefficient (Wildman–Crippen LogP) is 3.31. The number of pyridine rings is 1. The van der Waals surface area contributed by atoms with Crippen molar-refractivity contribution in [3.8, 4) is 12.3 Å². The Kier molecular flexibility index (Phi) is 6.12. The number of hydrogen-bond donors (Lipinski definition) is 2. The van der Waals surface area contributed by atoms with Gasteiger partial charge in [0.1, 0.15) is 0 Å². The second-order valence-electron chi connectivity index (χ2n) is 6.55. The Morgan fingerprint density at radius 3 is 2.39 bits per heavy atom. The standard InChI is InChI=1S/C21H21N5O2/c1-2-3-11-21(25-26-21)12-8-19(27)24-18-6-4-17(5-7-18)20(28)23-15-16-9-13-22-14-10-16/h1,4-7,9-10,13-14H,3,8,11-12,15H2,(H,23,28)(H,24,27). The molecule has 0 fully saturated rings. The molecule has 1 aliphatic heterocycles. The molecule has 2 N–H and O–H groups in total. The number of carbonyl (C=O) groups excluding carboxylic acids is 2. The second-order valence-corrected chi connectivity index (χ2v) is 6.55. The molecule has 0 unspecified atom stereocenters. The molecule has 0 atom stereocenters. The molecular weight excluding hydrogens is 354 g/mol. The molecule has 142 valence electrons. The molecule has 0 radical (unpaired) electrons. The lowest BCUT2D eigenvalue weighted by Gasteiger charge is -2.10. The van der Waals surface area contributed by atoms with E-state index in [2.05, 4.69) is 31.8 Å². The van der Waals surface area contributed by atoms with Gasteiger partial charge >= 0.3 is 0 Å². The first-order valence-corrected chi connectivity index (χ1v) is 9.05. The van der Waals surface area contributed by atoms with E-state index in [-0.39, 0.29) is 11.8 Å². The molecular formula is C21H21N5O2. The zero-order chi connectivity index (χ0) is 19.8. The third-order valence-electron chi connectivity index (χ3n) is 4.44. The predicted molar refractivity (Wildman–Crippen MR) is 105 cm³/mol. The number of terminal acetylenes is 1. The molecule has 0 saturated carbocycles. The zero-order valence-electron chi connectivity index (χ0n) is 15.4. The largest absolute Gasteiger partial charge is 0.348 e. The van der Waals surface area contributed by atoms with E-state index >= 15 is 0 Å². The highest BCUT2D eigenvalue weighted by atomic mass is 16.2. The van der Waals surface area contributed by atoms with E-state index < -0.39 is 5.66 Å². The van der Waals surface area contributed by atoms with Crippen molar-refractivity contribution in [1.82, 2.24) is 10.3 Å². The van der Waals surface area contributed by atoms with Crippen molar-refractivity contribution in [3.05, 3.63) is 59.9 Å². The molecule has 28 heavy (non-hydrogen) atoms. The summed E-state index contributed by atoms with van der Waals surface area (Å²) in [4.78, 5) is 28.3. The van der Waals surface area contributed by atoms with Gasteiger partial charge in [0.2, 0.25) is 5.91 Å². The lowest BCUT2D eigenvalue weighted by molar-refractivity contribution is -0.116. The van der Waals surface area contributed by atoms with Gasteiger partial charge in [0.25, 0.3) is 5.91 Å². The number of aromatic nitrogens is 1. The Balaban J connectivity index is 1.44. The van der Waals surface area contributed by atoms with Crippen LogP contribution in [0.25, 0.3) is 0 Å². The Bertz CT molecular complexity index is 895. The van der Waals surface area contributed by atoms with Gasteiger partial charge in [-0.25, -0.2) is 0 Å². The quantitative estimate of drug-likeness (QED) is 0.658. The van der Waals surface area contributed by atoms with Crippen molar-refractivity contribution >= 4 is 17.5 Å². The van der Waals surface area contributed by atoms with Crippen molar-refractivity contribution in [1.29, 1.82) is 0 Å². The molecule has 1 aromatic heterocycles. The van der Waals surface area contributed by atoms with Crippen LogP contribution in [0, 0.1) is 12.3 Å². The minimum atomic E-state index is -0.458. The smallest absolute Gasteiger partial charge is 0.251 e. The fraction of sp³-hybridized carbons (Fsp3) is 0.286. The van der Waals surface area contributed by atoms with Crippen LogP contribution in [-0.2, 0) is 11.3 Å². The second kappa shape index (κ2) is 8.91. The summed E-state index contributed by atoms with van der Waals surface area (Å²) in [5.41, 5.74) is 1.68. The Hall–Kier alpha value is -3.53. The maximum Gasteiger partial charge on any atom is 0.251 e. The van der Waals surface area contributed by atoms with Gasteiger partial charge in [-0.1, -0.05) is 0 Å². The summed E-state index contributed by atoms with van der Waals surface area (Å²) in [6, 6.07) is 10.5. The van der Waals surface area contributed by atoms with Crippen LogP contribution in [0.4, 0.5) is 5.69 Å². The van der Waals surface area contributed by atoms with Gasteiger partial charge in [0.05, 0.1) is 0 Å². The van der Waals surface area contributed by atoms with Crippen molar-refractivity contribution in [2.45, 2.75) is 37.9 Å². The summed E-state index contributed by atoms with van der Waals surface area (Å²) in [5, 5.41) is 13.7. The van der Waals surface area contributed by atoms with Gasteiger partial charge in [-0.3, -0.25) is 14.6 Å². The summed E-state index contributed by atoms with van der Waals surface area (Å²) >= 11 is 0. The summed E-state index contributed by atoms with van der Waals surface area (Å²) in [5.74, 6) is 2.27. The molecule has 1 aliphatic rings. The van der Waals surface area contributed by atoms with Crippen LogP contribution in [-0.4, -0.2) is 22.5 Å². The molecule has 2 heterocycles. The van der Waals surface area contributed by atoms with E-state index in [4.69, 9.17) is 6.42 Å². The third kappa shape index (κ3) is 5.48. The van der Waals surface area contributed by atoms with Crippen molar-refractivity contribution in [2.24, 2.45) is 10.2 Å². The fourth-order valence-electron chi connectivity index (χ4n) is 2.70. The average Bonchev–Trinajstić information content (AvgIpc) is 3.50. The van der Waals surface area contributed by atoms with Crippen LogP contribution in [0.2, 0.25) is 0 Å². The topological polar surface area (TPSA) is 95.8 Å². The van der Waals surface area contributed by atoms with Crippen LogP contribution in [0.5, 0.6) is 0 Å². The molecule has 7 nitrogen and oxygen atoms in total. The van der Waals surface area contributed by atoms with E-state index in [0.717, 1.165) is 5.56 Å². The van der Waals surface area contributed by atoms with Crippen LogP contribution in [0.1, 0.15) is 41.6 Å². The monoisotopic (exact) mass is 375 g/mol. The number of anilines is 1. The molecule has 0 spiro atoms. The van der Waals surface area contributed by atoms with Crippen LogP contribution >= 0.6 is 0 Å². The summed E-state index contributed by atoms with van der Waals surface area (Å²) in [6.07, 6.45) is 10.8. The minimum Gasteiger partial charge on any atom is -0.348 e. The average molecular weight is 375 g/mol. The third-order valence-corrected chi connectivity index (χ3v) is 4.44. The SMILES string of the molecule is C#CCCC1(CCC(=O)Nc2ccc(C(=O)NCc3ccncc3)cc2)N=N1. The number of benzene rings is 1. The van der Waals surface area contributed by atoms with Gasteiger partial charge in [0.15, 0.2) is 5.66 Å². The van der Waals surface area contributed by atoms with Crippen molar-refractivity contribution in [3.63, 3.8) is 0 Å². The van der Waals surface area contributed by atoms with Crippen molar-refractivity contribution < 1.29 is 9.59 Å². The highest BCUT2D eigenvalue weighted by molar-refractivity contribution is 5.95. The Morgan fingerprint density at radius 2 is 1.75 bits per heavy atom. The van der Waals surface area contributed by atoms with E-state index in [1.54, 1.807) is 36.7 Å². The zero-order valence-corrected chi connectivity index (χ0v) is 15.4. The summed E-state index contributed by atoms with van der Waals surface area (Å²) in [7, 11) is 0. The maximum absolute atomic E-state index is 12.2. The van der Waals surface area contributed by atoms with E-state index in [1.165, 1.54) is 0 Å². The minimum absolute atomic E-state index is 0.118. The van der Waals surface area contributed by atoms with Crippen LogP contribution in [0.3, 0.4) is 0 Å². The molecule has 7 heteroatoms. The Labute approximate surface area is 163 Å². The molecule has 0 bridgehead atoms. The first-order valence-electron chi connectivity index (χ1n) is 9.05. The maximum atomic E-state index is 12.2. The van der Waals surface area contributed by atoms with Gasteiger partial charge in [-0.05, 0) is 42.0 Å². The molecule has 0 aliphatic carbocycles. The highest BCUT2D eigenvalue weighted by Crippen LogP contribution is 2.37. The van der Waals surface area contributed by atoms with Crippen LogP contribution in [0.15, 0.2) is 59.0 Å². The Morgan fingerprint density at radius 1 is 1.04 bits per heavy atom. The number of hydrogen-bond acceptors (Lipinski definition) is 5. The normalized spacial score (nSPS) is 13.4. The molecule has 3 rings (SSSR count). The molecule has 2 aromatic rings. The molecule has 1 aromatic carbocycles. The lowest BCUT2D eigenvalue weighted by Crippen LogP contribution is -2.22. The van der Waals surface area contributed by atoms with Crippen molar-refractivity contribution in [2.75, 3.05) is 5.32 Å². The fourth-order valence-corrected chi connectivity index (χ4v) is 2.70.